The second-order valence-electron chi connectivity index (χ2n) is 7.71. The van der Waals surface area contributed by atoms with E-state index in [1.165, 1.54) is 5.56 Å². The van der Waals surface area contributed by atoms with Gasteiger partial charge >= 0.3 is 0 Å². The highest BCUT2D eigenvalue weighted by molar-refractivity contribution is 6.30. The maximum atomic E-state index is 12.8. The third-order valence-electron chi connectivity index (χ3n) is 5.38. The molecule has 0 spiro atoms. The lowest BCUT2D eigenvalue weighted by molar-refractivity contribution is -0.131. The summed E-state index contributed by atoms with van der Waals surface area (Å²) in [7, 11) is 0. The Morgan fingerprint density at radius 3 is 2.48 bits per heavy atom. The molecule has 0 radical (unpaired) electrons. The fourth-order valence-electron chi connectivity index (χ4n) is 3.67. The van der Waals surface area contributed by atoms with Gasteiger partial charge < -0.3 is 14.4 Å². The van der Waals surface area contributed by atoms with Gasteiger partial charge in [0.1, 0.15) is 12.4 Å². The zero-order valence-electron chi connectivity index (χ0n) is 17.4. The van der Waals surface area contributed by atoms with Crippen molar-refractivity contribution in [3.63, 3.8) is 0 Å². The average Bonchev–Trinajstić information content (AvgIpc) is 3.02. The first-order chi connectivity index (χ1) is 15.2. The molecule has 0 aliphatic carbocycles. The number of carbonyl (C=O) groups is 1. The predicted octanol–water partition coefficient (Wildman–Crippen LogP) is 5.41. The smallest absolute Gasteiger partial charge is 0.223 e. The van der Waals surface area contributed by atoms with Gasteiger partial charge in [0.25, 0.3) is 0 Å². The normalized spacial score (nSPS) is 13.3. The van der Waals surface area contributed by atoms with E-state index >= 15 is 0 Å². The van der Waals surface area contributed by atoms with Crippen molar-refractivity contribution in [3.05, 3.63) is 100 Å². The van der Waals surface area contributed by atoms with E-state index in [9.17, 15) is 4.79 Å². The first-order valence-corrected chi connectivity index (χ1v) is 10.9. The number of hydrogen-bond acceptors (Lipinski definition) is 3. The van der Waals surface area contributed by atoms with Crippen LogP contribution in [0.2, 0.25) is 5.02 Å². The van der Waals surface area contributed by atoms with Gasteiger partial charge in [-0.3, -0.25) is 4.79 Å². The van der Waals surface area contributed by atoms with Crippen LogP contribution >= 0.6 is 11.6 Å². The SMILES string of the molecule is O=C(CCc1ccccc1)N1CCOc2ccc(COCc3ccc(Cl)cc3)cc2C1. The number of benzene rings is 3. The third-order valence-corrected chi connectivity index (χ3v) is 5.63. The highest BCUT2D eigenvalue weighted by Crippen LogP contribution is 2.25. The second kappa shape index (κ2) is 10.5. The van der Waals surface area contributed by atoms with E-state index in [1.807, 2.05) is 59.5 Å². The third kappa shape index (κ3) is 6.09. The van der Waals surface area contributed by atoms with Gasteiger partial charge in [-0.05, 0) is 47.4 Å². The van der Waals surface area contributed by atoms with Gasteiger partial charge in [-0.2, -0.15) is 0 Å². The number of amides is 1. The van der Waals surface area contributed by atoms with E-state index in [2.05, 4.69) is 18.2 Å². The summed E-state index contributed by atoms with van der Waals surface area (Å²) in [6, 6.07) is 23.9. The van der Waals surface area contributed by atoms with Crippen LogP contribution in [0.15, 0.2) is 72.8 Å². The molecule has 1 aliphatic rings. The zero-order chi connectivity index (χ0) is 21.5. The van der Waals surface area contributed by atoms with E-state index < -0.39 is 0 Å². The number of nitrogens with zero attached hydrogens (tertiary/aromatic N) is 1. The van der Waals surface area contributed by atoms with E-state index in [0.29, 0.717) is 39.3 Å². The first-order valence-electron chi connectivity index (χ1n) is 10.6. The average molecular weight is 436 g/mol. The molecule has 3 aromatic rings. The fraction of sp³-hybridized carbons (Fsp3) is 0.269. The molecule has 0 atom stereocenters. The van der Waals surface area contributed by atoms with E-state index in [1.54, 1.807) is 0 Å². The summed E-state index contributed by atoms with van der Waals surface area (Å²) in [5.41, 5.74) is 4.35. The molecule has 0 saturated carbocycles. The summed E-state index contributed by atoms with van der Waals surface area (Å²) >= 11 is 5.93. The zero-order valence-corrected chi connectivity index (χ0v) is 18.2. The van der Waals surface area contributed by atoms with Crippen molar-refractivity contribution >= 4 is 17.5 Å². The molecule has 160 valence electrons. The fourth-order valence-corrected chi connectivity index (χ4v) is 3.80. The molecule has 0 N–H and O–H groups in total. The lowest BCUT2D eigenvalue weighted by atomic mass is 10.1. The van der Waals surface area contributed by atoms with Crippen molar-refractivity contribution in [2.75, 3.05) is 13.2 Å². The topological polar surface area (TPSA) is 38.8 Å². The Balaban J connectivity index is 1.34. The predicted molar refractivity (Wildman–Crippen MR) is 122 cm³/mol. The van der Waals surface area contributed by atoms with Crippen molar-refractivity contribution in [1.29, 1.82) is 0 Å². The molecule has 1 aliphatic heterocycles. The number of aryl methyl sites for hydroxylation is 1. The highest BCUT2D eigenvalue weighted by Gasteiger charge is 2.20. The summed E-state index contributed by atoms with van der Waals surface area (Å²) in [5.74, 6) is 1.00. The first kappa shape index (κ1) is 21.4. The number of carbonyl (C=O) groups excluding carboxylic acids is 1. The molecule has 3 aromatic carbocycles. The van der Waals surface area contributed by atoms with Gasteiger partial charge in [0.15, 0.2) is 0 Å². The maximum absolute atomic E-state index is 12.8. The van der Waals surface area contributed by atoms with E-state index in [4.69, 9.17) is 21.1 Å². The highest BCUT2D eigenvalue weighted by atomic mass is 35.5. The number of halogens is 1. The summed E-state index contributed by atoms with van der Waals surface area (Å²) in [4.78, 5) is 14.7. The molecular formula is C26H26ClNO3. The largest absolute Gasteiger partial charge is 0.491 e. The maximum Gasteiger partial charge on any atom is 0.223 e. The van der Waals surface area contributed by atoms with Crippen molar-refractivity contribution < 1.29 is 14.3 Å². The van der Waals surface area contributed by atoms with E-state index in [0.717, 1.165) is 33.9 Å². The van der Waals surface area contributed by atoms with Crippen molar-refractivity contribution in [1.82, 2.24) is 4.90 Å². The molecule has 31 heavy (non-hydrogen) atoms. The number of rotatable bonds is 7. The van der Waals surface area contributed by atoms with Crippen molar-refractivity contribution in [2.24, 2.45) is 0 Å². The van der Waals surface area contributed by atoms with Crippen LogP contribution in [0.25, 0.3) is 0 Å². The van der Waals surface area contributed by atoms with Gasteiger partial charge in [-0.1, -0.05) is 60.1 Å². The monoisotopic (exact) mass is 435 g/mol. The van der Waals surface area contributed by atoms with Crippen LogP contribution in [0.1, 0.15) is 28.7 Å². The summed E-state index contributed by atoms with van der Waals surface area (Å²) < 4.78 is 11.7. The van der Waals surface area contributed by atoms with Gasteiger partial charge in [-0.15, -0.1) is 0 Å². The van der Waals surface area contributed by atoms with Gasteiger partial charge in [-0.25, -0.2) is 0 Å². The minimum atomic E-state index is 0.157. The summed E-state index contributed by atoms with van der Waals surface area (Å²) in [6.45, 7) is 2.70. The Morgan fingerprint density at radius 1 is 0.935 bits per heavy atom. The molecule has 4 rings (SSSR count). The van der Waals surface area contributed by atoms with Crippen molar-refractivity contribution in [2.45, 2.75) is 32.6 Å². The molecule has 0 unspecified atom stereocenters. The van der Waals surface area contributed by atoms with Crippen LogP contribution in [0.3, 0.4) is 0 Å². The van der Waals surface area contributed by atoms with Crippen LogP contribution < -0.4 is 4.74 Å². The van der Waals surface area contributed by atoms with Crippen LogP contribution in [0.4, 0.5) is 0 Å². The molecule has 0 fully saturated rings. The van der Waals surface area contributed by atoms with Crippen LogP contribution in [0.5, 0.6) is 5.75 Å². The Morgan fingerprint density at radius 2 is 1.68 bits per heavy atom. The molecule has 0 bridgehead atoms. The van der Waals surface area contributed by atoms with Gasteiger partial charge in [0, 0.05) is 23.6 Å². The number of fused-ring (bicyclic) bond motifs is 1. The molecule has 5 heteroatoms. The van der Waals surface area contributed by atoms with E-state index in [-0.39, 0.29) is 5.91 Å². The molecule has 0 saturated heterocycles. The van der Waals surface area contributed by atoms with Gasteiger partial charge in [0.2, 0.25) is 5.91 Å². The summed E-state index contributed by atoms with van der Waals surface area (Å²) in [5, 5.41) is 0.720. The Labute approximate surface area is 188 Å². The lowest BCUT2D eigenvalue weighted by Crippen LogP contribution is -2.32. The number of ether oxygens (including phenoxy) is 2. The quantitative estimate of drug-likeness (QED) is 0.498. The molecule has 1 heterocycles. The lowest BCUT2D eigenvalue weighted by Gasteiger charge is -2.20. The molecule has 1 amide bonds. The van der Waals surface area contributed by atoms with Crippen LogP contribution in [0, 0.1) is 0 Å². The number of hydrogen-bond donors (Lipinski definition) is 0. The molecular weight excluding hydrogens is 410 g/mol. The van der Waals surface area contributed by atoms with Crippen LogP contribution in [-0.2, 0) is 35.7 Å². The minimum Gasteiger partial charge on any atom is -0.491 e. The van der Waals surface area contributed by atoms with Crippen molar-refractivity contribution in [3.8, 4) is 5.75 Å². The van der Waals surface area contributed by atoms with Gasteiger partial charge in [0.05, 0.1) is 19.8 Å². The molecule has 0 aromatic heterocycles. The molecule has 4 nitrogen and oxygen atoms in total. The summed E-state index contributed by atoms with van der Waals surface area (Å²) in [6.07, 6.45) is 1.26. The Kier molecular flexibility index (Phi) is 7.23. The Hall–Kier alpha value is -2.82. The standard InChI is InChI=1S/C26H26ClNO3/c27-24-10-6-21(7-11-24)18-30-19-22-8-12-25-23(16-22)17-28(14-15-31-25)26(29)13-9-20-4-2-1-3-5-20/h1-8,10-12,16H,9,13-15,17-19H2. The van der Waals surface area contributed by atoms with Crippen LogP contribution in [-0.4, -0.2) is 24.0 Å². The Bertz CT molecular complexity index is 1000. The minimum absolute atomic E-state index is 0.157. The second-order valence-corrected chi connectivity index (χ2v) is 8.15.